The Morgan fingerprint density at radius 1 is 0.917 bits per heavy atom. The van der Waals surface area contributed by atoms with Gasteiger partial charge in [-0.3, -0.25) is 24.6 Å². The maximum Gasteiger partial charge on any atom is 0.423 e. The highest BCUT2D eigenvalue weighted by Crippen LogP contribution is 2.64. The first-order chi connectivity index (χ1) is 23.0. The molecule has 2 heterocycles. The van der Waals surface area contributed by atoms with Gasteiger partial charge in [-0.05, 0) is 72.4 Å². The van der Waals surface area contributed by atoms with Crippen LogP contribution in [0.1, 0.15) is 29.9 Å². The van der Waals surface area contributed by atoms with Crippen molar-refractivity contribution in [3.8, 4) is 11.5 Å². The third kappa shape index (κ3) is 4.51. The van der Waals surface area contributed by atoms with Crippen LogP contribution >= 0.6 is 23.2 Å². The minimum Gasteiger partial charge on any atom is -0.508 e. The molecule has 3 fully saturated rings. The molecule has 2 N–H and O–H groups in total. The number of nitrogens with one attached hydrogen (secondary N) is 1. The summed E-state index contributed by atoms with van der Waals surface area (Å²) >= 11 is 12.6. The number of amides is 5. The fraction of sp³-hybridized carbons (Fsp3) is 0.286. The van der Waals surface area contributed by atoms with Gasteiger partial charge in [0.15, 0.2) is 0 Å². The molecule has 11 nitrogen and oxygen atoms in total. The average Bonchev–Trinajstić information content (AvgIpc) is 3.47. The van der Waals surface area contributed by atoms with Crippen LogP contribution < -0.4 is 10.2 Å². The van der Waals surface area contributed by atoms with Crippen LogP contribution in [0.4, 0.5) is 10.5 Å². The number of hydrogen-bond donors (Lipinski definition) is 2. The number of benzene rings is 3. The number of aromatic hydroxyl groups is 1. The van der Waals surface area contributed by atoms with Crippen molar-refractivity contribution in [2.45, 2.75) is 24.2 Å². The van der Waals surface area contributed by atoms with Crippen molar-refractivity contribution in [2.24, 2.45) is 23.7 Å². The van der Waals surface area contributed by atoms with E-state index in [9.17, 15) is 24.3 Å². The number of nitrogens with zero attached hydrogens (tertiary/aromatic N) is 2. The smallest absolute Gasteiger partial charge is 0.423 e. The first-order valence-corrected chi connectivity index (χ1v) is 16.0. The number of allylic oxidation sites excluding steroid dienone is 2. The van der Waals surface area contributed by atoms with Gasteiger partial charge in [-0.25, -0.2) is 4.79 Å². The van der Waals surface area contributed by atoms with Crippen LogP contribution in [0.25, 0.3) is 0 Å². The topological polar surface area (TPSA) is 143 Å². The van der Waals surface area contributed by atoms with E-state index in [-0.39, 0.29) is 29.3 Å². The second-order valence-electron chi connectivity index (χ2n) is 12.3. The lowest BCUT2D eigenvalue weighted by atomic mass is 9.49. The number of rotatable bonds is 5. The van der Waals surface area contributed by atoms with Crippen molar-refractivity contribution in [3.05, 3.63) is 99.6 Å². The number of hydrazine groups is 1. The molecule has 3 aromatic carbocycles. The average molecular weight is 691 g/mol. The number of carbonyl (C=O) groups excluding carboxylic acids is 5. The Kier molecular flexibility index (Phi) is 7.71. The number of methoxy groups -OCH3 is 2. The Hall–Kier alpha value is -4.87. The second-order valence-corrected chi connectivity index (χ2v) is 13.1. The molecule has 246 valence electrons. The molecule has 2 aliphatic heterocycles. The molecule has 48 heavy (non-hydrogen) atoms. The third-order valence-electron chi connectivity index (χ3n) is 10.2. The van der Waals surface area contributed by atoms with E-state index in [1.54, 1.807) is 48.5 Å². The van der Waals surface area contributed by atoms with E-state index in [1.807, 2.05) is 6.08 Å². The van der Waals surface area contributed by atoms with E-state index in [2.05, 4.69) is 5.43 Å². The normalized spacial score (nSPS) is 27.7. The molecule has 5 amide bonds. The van der Waals surface area contributed by atoms with Gasteiger partial charge in [-0.1, -0.05) is 59.1 Å². The highest BCUT2D eigenvalue weighted by molar-refractivity contribution is 6.36. The Morgan fingerprint density at radius 2 is 1.62 bits per heavy atom. The number of phenols is 1. The van der Waals surface area contributed by atoms with E-state index in [1.165, 1.54) is 25.3 Å². The Balaban J connectivity index is 1.45. The number of anilines is 1. The van der Waals surface area contributed by atoms with Gasteiger partial charge in [0.2, 0.25) is 11.8 Å². The van der Waals surface area contributed by atoms with E-state index in [0.29, 0.717) is 32.4 Å². The molecular formula is C35H29Cl2N3O8. The number of carbonyl (C=O) groups is 5. The van der Waals surface area contributed by atoms with Gasteiger partial charge in [0.25, 0.3) is 11.8 Å². The quantitative estimate of drug-likeness (QED) is 0.264. The van der Waals surface area contributed by atoms with Crippen LogP contribution in [0.3, 0.4) is 0 Å². The molecule has 0 bridgehead atoms. The summed E-state index contributed by atoms with van der Waals surface area (Å²) in [5.41, 5.74) is 3.49. The summed E-state index contributed by atoms with van der Waals surface area (Å²) in [4.78, 5) is 70.1. The lowest BCUT2D eigenvalue weighted by Crippen LogP contribution is -2.53. The number of ether oxygens (including phenoxy) is 2. The van der Waals surface area contributed by atoms with Crippen molar-refractivity contribution >= 4 is 58.6 Å². The van der Waals surface area contributed by atoms with E-state index in [4.69, 9.17) is 32.7 Å². The molecule has 6 atom stereocenters. The van der Waals surface area contributed by atoms with Crippen molar-refractivity contribution in [3.63, 3.8) is 0 Å². The van der Waals surface area contributed by atoms with Crippen molar-refractivity contribution in [1.29, 1.82) is 0 Å². The standard InChI is InChI=1S/C35H29Cl2N3O8/c1-47-21-10-5-18(6-11-21)35-25(31(43)40(33(35)45)38-27-14-7-19(36)15-26(27)37)16-24-22(29(35)17-3-8-20(41)9-4-17)12-13-23-28(24)32(44)39(30(23)42)34(46)48-2/h3-12,14-15,23-25,28-29,38,41H,13,16H2,1-2H3/t23-,24+,25-,28-,29-,35+/m0/s1. The van der Waals surface area contributed by atoms with Gasteiger partial charge in [0.05, 0.1) is 48.1 Å². The van der Waals surface area contributed by atoms with E-state index >= 15 is 4.79 Å². The lowest BCUT2D eigenvalue weighted by molar-refractivity contribution is -0.140. The summed E-state index contributed by atoms with van der Waals surface area (Å²) in [5, 5.41) is 11.7. The minimum atomic E-state index is -1.55. The lowest BCUT2D eigenvalue weighted by Gasteiger charge is -2.50. The first-order valence-electron chi connectivity index (χ1n) is 15.2. The Bertz CT molecular complexity index is 1910. The van der Waals surface area contributed by atoms with Gasteiger partial charge in [-0.2, -0.15) is 9.91 Å². The first kappa shape index (κ1) is 31.7. The Labute approximate surface area is 285 Å². The van der Waals surface area contributed by atoms with Crippen LogP contribution in [0.2, 0.25) is 10.0 Å². The summed E-state index contributed by atoms with van der Waals surface area (Å²) in [6, 6.07) is 17.9. The highest BCUT2D eigenvalue weighted by Gasteiger charge is 2.70. The molecule has 0 aromatic heterocycles. The summed E-state index contributed by atoms with van der Waals surface area (Å²) < 4.78 is 10.2. The van der Waals surface area contributed by atoms with Crippen LogP contribution in [0.15, 0.2) is 78.4 Å². The fourth-order valence-electron chi connectivity index (χ4n) is 8.16. The van der Waals surface area contributed by atoms with Crippen molar-refractivity contribution in [1.82, 2.24) is 9.91 Å². The van der Waals surface area contributed by atoms with Crippen LogP contribution in [0.5, 0.6) is 11.5 Å². The number of fused-ring (bicyclic) bond motifs is 4. The number of hydrogen-bond acceptors (Lipinski definition) is 9. The zero-order valence-electron chi connectivity index (χ0n) is 25.7. The maximum absolute atomic E-state index is 15.1. The molecule has 0 radical (unpaired) electrons. The number of phenolic OH excluding ortho intramolecular Hbond substituents is 1. The third-order valence-corrected chi connectivity index (χ3v) is 10.7. The van der Waals surface area contributed by atoms with Crippen LogP contribution in [0, 0.1) is 23.7 Å². The monoisotopic (exact) mass is 689 g/mol. The zero-order valence-corrected chi connectivity index (χ0v) is 27.2. The summed E-state index contributed by atoms with van der Waals surface area (Å²) in [6.45, 7) is 0. The predicted octanol–water partition coefficient (Wildman–Crippen LogP) is 5.46. The molecule has 0 spiro atoms. The number of halogens is 2. The fourth-order valence-corrected chi connectivity index (χ4v) is 8.61. The van der Waals surface area contributed by atoms with Gasteiger partial charge in [0.1, 0.15) is 11.5 Å². The Morgan fingerprint density at radius 3 is 2.27 bits per heavy atom. The maximum atomic E-state index is 15.1. The molecule has 0 unspecified atom stereocenters. The van der Waals surface area contributed by atoms with Crippen molar-refractivity contribution in [2.75, 3.05) is 19.6 Å². The predicted molar refractivity (Wildman–Crippen MR) is 173 cm³/mol. The van der Waals surface area contributed by atoms with Gasteiger partial charge < -0.3 is 14.6 Å². The summed E-state index contributed by atoms with van der Waals surface area (Å²) in [5.74, 6) is -6.27. The summed E-state index contributed by atoms with van der Waals surface area (Å²) in [6.07, 6.45) is 0.956. The number of imide groups is 4. The molecular weight excluding hydrogens is 661 g/mol. The molecule has 4 aliphatic rings. The van der Waals surface area contributed by atoms with Crippen LogP contribution in [-0.4, -0.2) is 59.0 Å². The van der Waals surface area contributed by atoms with Crippen molar-refractivity contribution < 1.29 is 38.6 Å². The van der Waals surface area contributed by atoms with Crippen LogP contribution in [-0.2, 0) is 29.3 Å². The highest BCUT2D eigenvalue weighted by atomic mass is 35.5. The van der Waals surface area contributed by atoms with Gasteiger partial charge in [0, 0.05) is 10.9 Å². The minimum absolute atomic E-state index is 0.00127. The van der Waals surface area contributed by atoms with E-state index < -0.39 is 64.7 Å². The molecule has 13 heteroatoms. The second kappa shape index (κ2) is 11.7. The SMILES string of the molecule is COC(=O)N1C(=O)[C@H]2[C@H](CC=C3[C@H]2C[C@H]2C(=O)N(Nc4ccc(Cl)cc4Cl)C(=O)[C@@]2(c2ccc(OC)cc2)[C@H]3c2ccc(O)cc2)C1=O. The zero-order chi connectivity index (χ0) is 34.1. The molecule has 7 rings (SSSR count). The largest absolute Gasteiger partial charge is 0.508 e. The number of likely N-dealkylation sites (tertiary alicyclic amines) is 1. The van der Waals surface area contributed by atoms with Gasteiger partial charge in [-0.15, -0.1) is 0 Å². The molecule has 1 saturated carbocycles. The molecule has 3 aromatic rings. The molecule has 2 aliphatic carbocycles. The summed E-state index contributed by atoms with van der Waals surface area (Å²) in [7, 11) is 2.61. The van der Waals surface area contributed by atoms with E-state index in [0.717, 1.165) is 12.1 Å². The molecule has 2 saturated heterocycles. The van der Waals surface area contributed by atoms with Gasteiger partial charge >= 0.3 is 6.09 Å².